The molecule has 194 valence electrons. The van der Waals surface area contributed by atoms with Crippen LogP contribution in [0.5, 0.6) is 11.5 Å². The largest absolute Gasteiger partial charge is 0.497 e. The Balaban J connectivity index is 1.80. The van der Waals surface area contributed by atoms with Crippen LogP contribution in [0, 0.1) is 6.92 Å². The van der Waals surface area contributed by atoms with Gasteiger partial charge in [-0.3, -0.25) is 4.79 Å². The van der Waals surface area contributed by atoms with E-state index in [9.17, 15) is 9.59 Å². The summed E-state index contributed by atoms with van der Waals surface area (Å²) in [5, 5.41) is 3.28. The number of fused-ring (bicyclic) bond motifs is 1. The van der Waals surface area contributed by atoms with E-state index in [1.54, 1.807) is 21.0 Å². The predicted molar refractivity (Wildman–Crippen MR) is 141 cm³/mol. The lowest BCUT2D eigenvalue weighted by Crippen LogP contribution is -2.16. The Bertz CT molecular complexity index is 1330. The molecule has 1 N–H and O–H groups in total. The van der Waals surface area contributed by atoms with Crippen molar-refractivity contribution in [3.05, 3.63) is 64.3 Å². The molecule has 2 aromatic carbocycles. The van der Waals surface area contributed by atoms with Gasteiger partial charge in [-0.15, -0.1) is 0 Å². The Labute approximate surface area is 217 Å². The van der Waals surface area contributed by atoms with Crippen LogP contribution in [-0.2, 0) is 27.9 Å². The van der Waals surface area contributed by atoms with Crippen LogP contribution in [0.3, 0.4) is 0 Å². The van der Waals surface area contributed by atoms with Crippen molar-refractivity contribution in [2.24, 2.45) is 0 Å². The molecule has 8 nitrogen and oxygen atoms in total. The monoisotopic (exact) mass is 503 g/mol. The Morgan fingerprint density at radius 1 is 1.08 bits per heavy atom. The zero-order valence-electron chi connectivity index (χ0n) is 22.2. The lowest BCUT2D eigenvalue weighted by molar-refractivity contribution is -0.131. The van der Waals surface area contributed by atoms with Gasteiger partial charge in [0.05, 0.1) is 25.0 Å². The van der Waals surface area contributed by atoms with Gasteiger partial charge in [-0.1, -0.05) is 32.0 Å². The van der Waals surface area contributed by atoms with E-state index in [0.29, 0.717) is 35.2 Å². The van der Waals surface area contributed by atoms with Crippen LogP contribution >= 0.6 is 0 Å². The second kappa shape index (κ2) is 10.6. The molecule has 1 heterocycles. The molecule has 0 saturated carbocycles. The molecule has 1 aromatic heterocycles. The smallest absolute Gasteiger partial charge is 0.343 e. The average molecular weight is 504 g/mol. The van der Waals surface area contributed by atoms with Gasteiger partial charge in [-0.25, -0.2) is 14.8 Å². The van der Waals surface area contributed by atoms with Crippen molar-refractivity contribution in [3.8, 4) is 22.9 Å². The first-order valence-electron chi connectivity index (χ1n) is 12.4. The van der Waals surface area contributed by atoms with Gasteiger partial charge in [0.1, 0.15) is 22.9 Å². The third-order valence-corrected chi connectivity index (χ3v) is 6.66. The van der Waals surface area contributed by atoms with E-state index in [0.717, 1.165) is 35.3 Å². The summed E-state index contributed by atoms with van der Waals surface area (Å²) in [6.07, 6.45) is 1.75. The van der Waals surface area contributed by atoms with Crippen LogP contribution < -0.4 is 14.8 Å². The number of nitrogens with zero attached hydrogens (tertiary/aromatic N) is 2. The molecule has 37 heavy (non-hydrogen) atoms. The minimum Gasteiger partial charge on any atom is -0.497 e. The van der Waals surface area contributed by atoms with Gasteiger partial charge in [0.15, 0.2) is 5.82 Å². The van der Waals surface area contributed by atoms with Gasteiger partial charge in [-0.2, -0.15) is 0 Å². The predicted octanol–water partition coefficient (Wildman–Crippen LogP) is 5.40. The molecule has 0 aliphatic heterocycles. The van der Waals surface area contributed by atoms with Crippen LogP contribution in [0.25, 0.3) is 11.4 Å². The zero-order valence-corrected chi connectivity index (χ0v) is 22.2. The first kappa shape index (κ1) is 26.1. The van der Waals surface area contributed by atoms with Gasteiger partial charge < -0.3 is 19.5 Å². The second-order valence-corrected chi connectivity index (χ2v) is 9.72. The van der Waals surface area contributed by atoms with Crippen LogP contribution in [0.15, 0.2) is 36.4 Å². The Morgan fingerprint density at radius 2 is 1.81 bits per heavy atom. The SMILES string of the molecule is CCOC(=O)c1c(C)nc(-c2ccc3c(c2OC(C)=O)CCC3(C)C)nc1NCc1ccc(OC)cc1. The number of carbonyl (C=O) groups is 2. The fourth-order valence-electron chi connectivity index (χ4n) is 4.72. The highest BCUT2D eigenvalue weighted by Crippen LogP contribution is 2.46. The third kappa shape index (κ3) is 5.43. The summed E-state index contributed by atoms with van der Waals surface area (Å²) in [6, 6.07) is 11.6. The number of anilines is 1. The summed E-state index contributed by atoms with van der Waals surface area (Å²) < 4.78 is 16.3. The molecular weight excluding hydrogens is 470 g/mol. The number of aromatic nitrogens is 2. The molecule has 4 rings (SSSR count). The fourth-order valence-corrected chi connectivity index (χ4v) is 4.72. The fraction of sp³-hybridized carbons (Fsp3) is 0.379. The van der Waals surface area contributed by atoms with Crippen molar-refractivity contribution in [1.29, 1.82) is 0 Å². The first-order chi connectivity index (χ1) is 17.6. The minimum atomic E-state index is -0.500. The number of ether oxygens (including phenoxy) is 3. The quantitative estimate of drug-likeness (QED) is 0.322. The molecule has 0 spiro atoms. The number of benzene rings is 2. The summed E-state index contributed by atoms with van der Waals surface area (Å²) in [7, 11) is 1.62. The van der Waals surface area contributed by atoms with Crippen molar-refractivity contribution < 1.29 is 23.8 Å². The molecule has 0 amide bonds. The molecule has 0 bridgehead atoms. The van der Waals surface area contributed by atoms with Gasteiger partial charge >= 0.3 is 11.9 Å². The highest BCUT2D eigenvalue weighted by Gasteiger charge is 2.34. The number of nitrogens with one attached hydrogen (secondary N) is 1. The minimum absolute atomic E-state index is 0.0155. The van der Waals surface area contributed by atoms with Gasteiger partial charge in [0.25, 0.3) is 0 Å². The topological polar surface area (TPSA) is 99.6 Å². The molecule has 1 aliphatic rings. The molecule has 0 atom stereocenters. The third-order valence-electron chi connectivity index (χ3n) is 6.66. The molecule has 0 unspecified atom stereocenters. The molecule has 0 saturated heterocycles. The normalized spacial score (nSPS) is 13.6. The van der Waals surface area contributed by atoms with Crippen LogP contribution in [0.2, 0.25) is 0 Å². The molecule has 8 heteroatoms. The highest BCUT2D eigenvalue weighted by molar-refractivity contribution is 5.96. The van der Waals surface area contributed by atoms with Crippen molar-refractivity contribution in [2.75, 3.05) is 19.0 Å². The Morgan fingerprint density at radius 3 is 2.46 bits per heavy atom. The Hall–Kier alpha value is -3.94. The van der Waals surface area contributed by atoms with E-state index in [2.05, 4.69) is 30.2 Å². The van der Waals surface area contributed by atoms with Crippen molar-refractivity contribution in [1.82, 2.24) is 9.97 Å². The summed E-state index contributed by atoms with van der Waals surface area (Å²) in [5.74, 6) is 1.06. The van der Waals surface area contributed by atoms with Crippen molar-refractivity contribution >= 4 is 17.8 Å². The van der Waals surface area contributed by atoms with Gasteiger partial charge in [-0.05, 0) is 67.0 Å². The second-order valence-electron chi connectivity index (χ2n) is 9.72. The maximum atomic E-state index is 12.8. The number of methoxy groups -OCH3 is 1. The molecule has 3 aromatic rings. The standard InChI is InChI=1S/C29H33N3O5/c1-7-36-28(34)24-17(2)31-26(32-27(24)30-16-19-8-10-20(35-6)11-9-19)22-12-13-23-21(14-15-29(23,4)5)25(22)37-18(3)33/h8-13H,7,14-16H2,1-6H3,(H,30,31,32). The van der Waals surface area contributed by atoms with E-state index in [-0.39, 0.29) is 17.6 Å². The maximum absolute atomic E-state index is 12.8. The number of hydrogen-bond donors (Lipinski definition) is 1. The summed E-state index contributed by atoms with van der Waals surface area (Å²) in [5.41, 5.74) is 4.47. The number of aryl methyl sites for hydroxylation is 1. The summed E-state index contributed by atoms with van der Waals surface area (Å²) >= 11 is 0. The van der Waals surface area contributed by atoms with E-state index < -0.39 is 11.9 Å². The summed E-state index contributed by atoms with van der Waals surface area (Å²) in [6.45, 7) is 9.91. The highest BCUT2D eigenvalue weighted by atomic mass is 16.5. The van der Waals surface area contributed by atoms with Crippen LogP contribution in [0.1, 0.15) is 66.9 Å². The number of hydrogen-bond acceptors (Lipinski definition) is 8. The van der Waals surface area contributed by atoms with E-state index >= 15 is 0 Å². The number of carbonyl (C=O) groups excluding carboxylic acids is 2. The lowest BCUT2D eigenvalue weighted by Gasteiger charge is -2.21. The van der Waals surface area contributed by atoms with Crippen LogP contribution in [-0.4, -0.2) is 35.6 Å². The van der Waals surface area contributed by atoms with Gasteiger partial charge in [0, 0.05) is 13.5 Å². The molecule has 0 fully saturated rings. The maximum Gasteiger partial charge on any atom is 0.343 e. The van der Waals surface area contributed by atoms with E-state index in [4.69, 9.17) is 19.2 Å². The van der Waals surface area contributed by atoms with Crippen molar-refractivity contribution in [3.63, 3.8) is 0 Å². The van der Waals surface area contributed by atoms with E-state index in [1.807, 2.05) is 30.3 Å². The first-order valence-corrected chi connectivity index (χ1v) is 12.4. The van der Waals surface area contributed by atoms with Crippen LogP contribution in [0.4, 0.5) is 5.82 Å². The van der Waals surface area contributed by atoms with Gasteiger partial charge in [0.2, 0.25) is 0 Å². The van der Waals surface area contributed by atoms with E-state index in [1.165, 1.54) is 6.92 Å². The number of esters is 2. The molecular formula is C29H33N3O5. The average Bonchev–Trinajstić information content (AvgIpc) is 3.17. The van der Waals surface area contributed by atoms with Crippen molar-refractivity contribution in [2.45, 2.75) is 59.4 Å². The lowest BCUT2D eigenvalue weighted by atomic mass is 9.86. The molecule has 1 aliphatic carbocycles. The zero-order chi connectivity index (χ0) is 26.7. The Kier molecular flexibility index (Phi) is 7.47. The molecule has 0 radical (unpaired) electrons. The number of rotatable bonds is 8. The summed E-state index contributed by atoms with van der Waals surface area (Å²) in [4.78, 5) is 34.3.